The summed E-state index contributed by atoms with van der Waals surface area (Å²) in [4.78, 5) is 49.4. The van der Waals surface area contributed by atoms with E-state index in [-0.39, 0.29) is 35.5 Å². The quantitative estimate of drug-likeness (QED) is 0.596. The van der Waals surface area contributed by atoms with Crippen LogP contribution in [0.4, 0.5) is 0 Å². The number of fused-ring (bicyclic) bond motifs is 10. The number of amides is 3. The van der Waals surface area contributed by atoms with Gasteiger partial charge in [-0.25, -0.2) is 4.98 Å². The molecule has 5 heterocycles. The predicted molar refractivity (Wildman–Crippen MR) is 143 cm³/mol. The molecule has 3 amide bonds. The molecule has 1 N–H and O–H groups in total. The molecule has 1 aromatic heterocycles. The Hall–Kier alpha value is -2.72. The number of ether oxygens (including phenoxy) is 2. The molecule has 0 aromatic carbocycles. The molecule has 4 aliphatic rings. The molecule has 10 heteroatoms. The highest BCUT2D eigenvalue weighted by Gasteiger charge is 2.40. The van der Waals surface area contributed by atoms with Gasteiger partial charge in [0.2, 0.25) is 17.7 Å². The van der Waals surface area contributed by atoms with Crippen LogP contribution in [0.5, 0.6) is 5.88 Å². The van der Waals surface area contributed by atoms with E-state index < -0.39 is 0 Å². The van der Waals surface area contributed by atoms with Gasteiger partial charge in [0.05, 0.1) is 19.3 Å². The zero-order valence-electron chi connectivity index (χ0n) is 23.1. The number of pyridine rings is 1. The van der Waals surface area contributed by atoms with Gasteiger partial charge in [0.1, 0.15) is 12.3 Å². The van der Waals surface area contributed by atoms with Crippen LogP contribution < -0.4 is 10.1 Å². The van der Waals surface area contributed by atoms with Crippen molar-refractivity contribution in [3.05, 3.63) is 23.9 Å². The van der Waals surface area contributed by atoms with Crippen LogP contribution in [0.15, 0.2) is 18.2 Å². The van der Waals surface area contributed by atoms with Gasteiger partial charge >= 0.3 is 0 Å². The first-order chi connectivity index (χ1) is 18.3. The molecule has 2 atom stereocenters. The van der Waals surface area contributed by atoms with Gasteiger partial charge in [0.15, 0.2) is 0 Å². The fourth-order valence-electron chi connectivity index (χ4n) is 5.53. The van der Waals surface area contributed by atoms with Crippen molar-refractivity contribution in [3.8, 4) is 5.88 Å². The molecule has 2 fully saturated rings. The number of hydrogen-bond acceptors (Lipinski definition) is 7. The van der Waals surface area contributed by atoms with E-state index in [2.05, 4.69) is 29.0 Å². The Labute approximate surface area is 226 Å². The lowest BCUT2D eigenvalue weighted by Crippen LogP contribution is -2.49. The Bertz CT molecular complexity index is 965. The maximum absolute atomic E-state index is 13.7. The zero-order valence-corrected chi connectivity index (χ0v) is 23.1. The number of hydrogen-bond donors (Lipinski definition) is 1. The van der Waals surface area contributed by atoms with Gasteiger partial charge in [0.25, 0.3) is 5.91 Å². The third-order valence-corrected chi connectivity index (χ3v) is 7.81. The Balaban J connectivity index is 1.50. The minimum Gasteiger partial charge on any atom is -0.475 e. The molecule has 4 aliphatic heterocycles. The van der Waals surface area contributed by atoms with Gasteiger partial charge in [-0.05, 0) is 50.1 Å². The molecule has 6 bridgehead atoms. The highest BCUT2D eigenvalue weighted by molar-refractivity contribution is 5.92. The van der Waals surface area contributed by atoms with Crippen molar-refractivity contribution >= 4 is 17.7 Å². The highest BCUT2D eigenvalue weighted by Crippen LogP contribution is 2.25. The second kappa shape index (κ2) is 13.4. The summed E-state index contributed by atoms with van der Waals surface area (Å²) in [5.41, 5.74) is 0.289. The molecule has 10 nitrogen and oxygen atoms in total. The Morgan fingerprint density at radius 3 is 2.63 bits per heavy atom. The van der Waals surface area contributed by atoms with E-state index in [4.69, 9.17) is 9.47 Å². The van der Waals surface area contributed by atoms with E-state index in [1.165, 1.54) is 0 Å². The van der Waals surface area contributed by atoms with Gasteiger partial charge in [-0.3, -0.25) is 19.3 Å². The third-order valence-electron chi connectivity index (χ3n) is 7.81. The molecular weight excluding hydrogens is 486 g/mol. The molecule has 5 rings (SSSR count). The van der Waals surface area contributed by atoms with Gasteiger partial charge < -0.3 is 24.6 Å². The van der Waals surface area contributed by atoms with Crippen LogP contribution in [-0.2, 0) is 14.3 Å². The van der Waals surface area contributed by atoms with Crippen LogP contribution >= 0.6 is 0 Å². The number of nitrogens with zero attached hydrogens (tertiary/aromatic N) is 4. The van der Waals surface area contributed by atoms with Crippen molar-refractivity contribution in [3.63, 3.8) is 0 Å². The average molecular weight is 530 g/mol. The number of likely N-dealkylation sites (tertiary alicyclic amines) is 1. The number of nitrogens with one attached hydrogen (secondary N) is 1. The van der Waals surface area contributed by atoms with E-state index >= 15 is 0 Å². The topological polar surface area (TPSA) is 104 Å². The van der Waals surface area contributed by atoms with Crippen molar-refractivity contribution in [1.82, 2.24) is 25.0 Å². The van der Waals surface area contributed by atoms with Crippen molar-refractivity contribution in [2.45, 2.75) is 58.5 Å². The molecule has 1 aromatic rings. The number of carbonyl (C=O) groups is 3. The summed E-state index contributed by atoms with van der Waals surface area (Å²) >= 11 is 0. The molecule has 210 valence electrons. The van der Waals surface area contributed by atoms with Crippen LogP contribution in [0.3, 0.4) is 0 Å². The largest absolute Gasteiger partial charge is 0.475 e. The lowest BCUT2D eigenvalue weighted by Gasteiger charge is -2.37. The van der Waals surface area contributed by atoms with E-state index in [9.17, 15) is 14.4 Å². The third kappa shape index (κ3) is 7.66. The van der Waals surface area contributed by atoms with E-state index in [0.717, 1.165) is 25.8 Å². The second-order valence-electron chi connectivity index (χ2n) is 11.2. The summed E-state index contributed by atoms with van der Waals surface area (Å²) in [5, 5.41) is 3.11. The van der Waals surface area contributed by atoms with Gasteiger partial charge in [-0.1, -0.05) is 19.9 Å². The maximum atomic E-state index is 13.7. The molecule has 0 aliphatic carbocycles. The number of aromatic nitrogens is 1. The first-order valence-corrected chi connectivity index (χ1v) is 14.1. The first-order valence-electron chi connectivity index (χ1n) is 14.1. The predicted octanol–water partition coefficient (Wildman–Crippen LogP) is 1.80. The zero-order chi connectivity index (χ0) is 27.1. The molecule has 0 unspecified atom stereocenters. The highest BCUT2D eigenvalue weighted by atomic mass is 16.5. The van der Waals surface area contributed by atoms with Crippen molar-refractivity contribution in [2.75, 3.05) is 59.1 Å². The van der Waals surface area contributed by atoms with Crippen LogP contribution in [0.1, 0.15) is 56.9 Å². The smallest absolute Gasteiger partial charge is 0.270 e. The summed E-state index contributed by atoms with van der Waals surface area (Å²) in [6, 6.07) is 4.77. The lowest BCUT2D eigenvalue weighted by molar-refractivity contribution is -0.138. The SMILES string of the molecule is CC(=O)N1CCOCCOc2cccc(n2)C(=O)N[C@@H]2C[C@@H](C(=O)N3CCC(CC3)C1)N(CCC(C)C)C2. The van der Waals surface area contributed by atoms with Crippen LogP contribution in [0.25, 0.3) is 0 Å². The lowest BCUT2D eigenvalue weighted by atomic mass is 9.95. The Kier molecular flexibility index (Phi) is 9.96. The fourth-order valence-corrected chi connectivity index (χ4v) is 5.53. The van der Waals surface area contributed by atoms with Gasteiger partial charge in [-0.2, -0.15) is 0 Å². The molecule has 2 saturated heterocycles. The van der Waals surface area contributed by atoms with E-state index in [0.29, 0.717) is 76.7 Å². The van der Waals surface area contributed by atoms with Crippen molar-refractivity contribution in [1.29, 1.82) is 0 Å². The number of carbonyl (C=O) groups excluding carboxylic acids is 3. The van der Waals surface area contributed by atoms with Crippen LogP contribution in [0.2, 0.25) is 0 Å². The van der Waals surface area contributed by atoms with Crippen molar-refractivity contribution < 1.29 is 23.9 Å². The second-order valence-corrected chi connectivity index (χ2v) is 11.2. The molecule has 0 radical (unpaired) electrons. The minimum atomic E-state index is -0.260. The van der Waals surface area contributed by atoms with Crippen molar-refractivity contribution in [2.24, 2.45) is 11.8 Å². The van der Waals surface area contributed by atoms with Gasteiger partial charge in [-0.15, -0.1) is 0 Å². The molecule has 0 spiro atoms. The number of rotatable bonds is 3. The maximum Gasteiger partial charge on any atom is 0.270 e. The van der Waals surface area contributed by atoms with E-state index in [1.807, 2.05) is 9.80 Å². The van der Waals surface area contributed by atoms with Crippen LogP contribution in [-0.4, -0.2) is 109 Å². The molecular formula is C28H43N5O5. The minimum absolute atomic E-state index is 0.0396. The Morgan fingerprint density at radius 2 is 1.89 bits per heavy atom. The standard InChI is InChI=1S/C28H43N5O5/c1-20(2)7-10-33-19-23-17-25(33)28(36)31-11-8-22(9-12-31)18-32(21(3)34)13-14-37-15-16-38-26-6-4-5-24(30-26)27(35)29-23/h4-6,20,22-23,25H,7-19H2,1-3H3,(H,29,35)/t23-,25+/m1/s1. The normalized spacial score (nSPS) is 26.2. The Morgan fingerprint density at radius 1 is 1.11 bits per heavy atom. The summed E-state index contributed by atoms with van der Waals surface area (Å²) in [7, 11) is 0. The average Bonchev–Trinajstić information content (AvgIpc) is 3.30. The van der Waals surface area contributed by atoms with E-state index in [1.54, 1.807) is 25.1 Å². The molecule has 0 saturated carbocycles. The number of piperidine rings is 1. The monoisotopic (exact) mass is 529 g/mol. The summed E-state index contributed by atoms with van der Waals surface area (Å²) in [6.45, 7) is 11.1. The molecule has 38 heavy (non-hydrogen) atoms. The first kappa shape index (κ1) is 28.3. The summed E-state index contributed by atoms with van der Waals surface area (Å²) < 4.78 is 11.4. The fraction of sp³-hybridized carbons (Fsp3) is 0.714. The summed E-state index contributed by atoms with van der Waals surface area (Å²) in [5.74, 6) is 1.19. The van der Waals surface area contributed by atoms with Gasteiger partial charge in [0, 0.05) is 51.8 Å². The van der Waals surface area contributed by atoms with Crippen LogP contribution in [0, 0.1) is 11.8 Å². The summed E-state index contributed by atoms with van der Waals surface area (Å²) in [6.07, 6.45) is 3.35.